The molecule has 3 rings (SSSR count). The van der Waals surface area contributed by atoms with Gasteiger partial charge in [0, 0.05) is 17.1 Å². The fourth-order valence-corrected chi connectivity index (χ4v) is 2.71. The van der Waals surface area contributed by atoms with Crippen LogP contribution in [0, 0.1) is 12.3 Å². The predicted octanol–water partition coefficient (Wildman–Crippen LogP) is 6.89. The fraction of sp³-hybridized carbons (Fsp3) is 0.250. The van der Waals surface area contributed by atoms with Gasteiger partial charge in [-0.25, -0.2) is 0 Å². The number of para-hydroxylation sites is 1. The molecule has 0 saturated carbocycles. The van der Waals surface area contributed by atoms with Crippen LogP contribution in [-0.4, -0.2) is 6.61 Å². The van der Waals surface area contributed by atoms with Gasteiger partial charge in [-0.1, -0.05) is 56.7 Å². The Morgan fingerprint density at radius 3 is 1.73 bits per heavy atom. The maximum Gasteiger partial charge on any atom is 0.119 e. The maximum absolute atomic E-state index is 5.91. The monoisotopic (exact) mass is 345 g/mol. The first-order valence-electron chi connectivity index (χ1n) is 9.07. The summed E-state index contributed by atoms with van der Waals surface area (Å²) >= 11 is 0. The molecule has 0 aromatic heterocycles. The highest BCUT2D eigenvalue weighted by atomic mass is 16.5. The third kappa shape index (κ3) is 4.66. The minimum atomic E-state index is 0.149. The van der Waals surface area contributed by atoms with Crippen molar-refractivity contribution in [1.82, 2.24) is 0 Å². The second kappa shape index (κ2) is 7.65. The standard InChI is InChI=1S/C24H27NO/c1-19-10-12-21(13-11-19)25(20-8-6-5-7-9-20)22-14-16-23(17-15-22)26-18-24(2,3)4/h5-17H,18H2,1-4H3. The zero-order chi connectivity index (χ0) is 18.6. The number of rotatable bonds is 5. The minimum absolute atomic E-state index is 0.149. The molecule has 0 radical (unpaired) electrons. The molecule has 26 heavy (non-hydrogen) atoms. The number of hydrogen-bond donors (Lipinski definition) is 0. The first-order chi connectivity index (χ1) is 12.4. The first-order valence-corrected chi connectivity index (χ1v) is 9.07. The topological polar surface area (TPSA) is 12.5 Å². The largest absolute Gasteiger partial charge is 0.493 e. The molecule has 0 aliphatic heterocycles. The van der Waals surface area contributed by atoms with Gasteiger partial charge in [-0.3, -0.25) is 0 Å². The van der Waals surface area contributed by atoms with Crippen LogP contribution in [0.2, 0.25) is 0 Å². The zero-order valence-corrected chi connectivity index (χ0v) is 16.1. The minimum Gasteiger partial charge on any atom is -0.493 e. The number of nitrogens with zero attached hydrogens (tertiary/aromatic N) is 1. The van der Waals surface area contributed by atoms with E-state index in [2.05, 4.69) is 93.3 Å². The van der Waals surface area contributed by atoms with Crippen molar-refractivity contribution in [2.75, 3.05) is 11.5 Å². The van der Waals surface area contributed by atoms with E-state index in [4.69, 9.17) is 4.74 Å². The summed E-state index contributed by atoms with van der Waals surface area (Å²) in [6, 6.07) is 27.4. The van der Waals surface area contributed by atoms with Crippen LogP contribution in [0.1, 0.15) is 26.3 Å². The lowest BCUT2D eigenvalue weighted by atomic mass is 9.99. The highest BCUT2D eigenvalue weighted by molar-refractivity contribution is 5.76. The molecule has 2 heteroatoms. The lowest BCUT2D eigenvalue weighted by molar-refractivity contribution is 0.198. The maximum atomic E-state index is 5.91. The Balaban J connectivity index is 1.91. The third-order valence-corrected chi connectivity index (χ3v) is 4.07. The lowest BCUT2D eigenvalue weighted by Crippen LogP contribution is -2.16. The van der Waals surface area contributed by atoms with Crippen LogP contribution in [0.5, 0.6) is 5.75 Å². The Labute approximate surface area is 157 Å². The van der Waals surface area contributed by atoms with E-state index < -0.39 is 0 Å². The van der Waals surface area contributed by atoms with Crippen molar-refractivity contribution in [3.8, 4) is 5.75 Å². The van der Waals surface area contributed by atoms with Gasteiger partial charge in [0.25, 0.3) is 0 Å². The molecule has 3 aromatic carbocycles. The molecule has 134 valence electrons. The van der Waals surface area contributed by atoms with Gasteiger partial charge in [-0.2, -0.15) is 0 Å². The van der Waals surface area contributed by atoms with E-state index >= 15 is 0 Å². The van der Waals surface area contributed by atoms with Gasteiger partial charge < -0.3 is 9.64 Å². The molecule has 0 unspecified atom stereocenters. The molecule has 0 amide bonds. The summed E-state index contributed by atoms with van der Waals surface area (Å²) in [5, 5.41) is 0. The van der Waals surface area contributed by atoms with Crippen LogP contribution in [0.15, 0.2) is 78.9 Å². The van der Waals surface area contributed by atoms with Gasteiger partial charge in [0.05, 0.1) is 6.61 Å². The van der Waals surface area contributed by atoms with Crippen LogP contribution < -0.4 is 9.64 Å². The number of aryl methyl sites for hydroxylation is 1. The predicted molar refractivity (Wildman–Crippen MR) is 111 cm³/mol. The average Bonchev–Trinajstić information content (AvgIpc) is 2.63. The van der Waals surface area contributed by atoms with Crippen molar-refractivity contribution in [2.45, 2.75) is 27.7 Å². The van der Waals surface area contributed by atoms with Gasteiger partial charge in [0.2, 0.25) is 0 Å². The van der Waals surface area contributed by atoms with Crippen LogP contribution in [0.25, 0.3) is 0 Å². The van der Waals surface area contributed by atoms with Crippen LogP contribution >= 0.6 is 0 Å². The number of benzene rings is 3. The molecular formula is C24H27NO. The van der Waals surface area contributed by atoms with Crippen molar-refractivity contribution < 1.29 is 4.74 Å². The number of ether oxygens (including phenoxy) is 1. The molecule has 2 nitrogen and oxygen atoms in total. The zero-order valence-electron chi connectivity index (χ0n) is 16.1. The first kappa shape index (κ1) is 18.1. The van der Waals surface area contributed by atoms with Gasteiger partial charge >= 0.3 is 0 Å². The fourth-order valence-electron chi connectivity index (χ4n) is 2.71. The van der Waals surface area contributed by atoms with Crippen LogP contribution in [-0.2, 0) is 0 Å². The van der Waals surface area contributed by atoms with Crippen molar-refractivity contribution in [3.63, 3.8) is 0 Å². The Morgan fingerprint density at radius 2 is 1.19 bits per heavy atom. The summed E-state index contributed by atoms with van der Waals surface area (Å²) in [6.45, 7) is 9.34. The van der Waals surface area contributed by atoms with Gasteiger partial charge in [-0.05, 0) is 60.9 Å². The SMILES string of the molecule is Cc1ccc(N(c2ccccc2)c2ccc(OCC(C)(C)C)cc2)cc1. The summed E-state index contributed by atoms with van der Waals surface area (Å²) in [6.07, 6.45) is 0. The summed E-state index contributed by atoms with van der Waals surface area (Å²) in [4.78, 5) is 2.26. The summed E-state index contributed by atoms with van der Waals surface area (Å²) in [7, 11) is 0. The van der Waals surface area contributed by atoms with Crippen molar-refractivity contribution in [1.29, 1.82) is 0 Å². The summed E-state index contributed by atoms with van der Waals surface area (Å²) in [5.74, 6) is 0.903. The quantitative estimate of drug-likeness (QED) is 0.499. The number of hydrogen-bond acceptors (Lipinski definition) is 2. The van der Waals surface area contributed by atoms with E-state index in [0.29, 0.717) is 6.61 Å². The highest BCUT2D eigenvalue weighted by Crippen LogP contribution is 2.35. The molecule has 0 heterocycles. The summed E-state index contributed by atoms with van der Waals surface area (Å²) < 4.78 is 5.91. The molecule has 0 aliphatic rings. The second-order valence-corrected chi connectivity index (χ2v) is 7.85. The molecule has 0 bridgehead atoms. The average molecular weight is 345 g/mol. The molecule has 0 saturated heterocycles. The van der Waals surface area contributed by atoms with Crippen molar-refractivity contribution in [3.05, 3.63) is 84.4 Å². The van der Waals surface area contributed by atoms with Crippen molar-refractivity contribution in [2.24, 2.45) is 5.41 Å². The normalized spacial score (nSPS) is 11.2. The molecule has 0 aliphatic carbocycles. The Morgan fingerprint density at radius 1 is 0.692 bits per heavy atom. The Bertz CT molecular complexity index is 815. The van der Waals surface area contributed by atoms with Gasteiger partial charge in [0.15, 0.2) is 0 Å². The van der Waals surface area contributed by atoms with E-state index in [1.807, 2.05) is 18.2 Å². The smallest absolute Gasteiger partial charge is 0.119 e. The van der Waals surface area contributed by atoms with Crippen LogP contribution in [0.4, 0.5) is 17.1 Å². The van der Waals surface area contributed by atoms with Crippen molar-refractivity contribution >= 4 is 17.1 Å². The van der Waals surface area contributed by atoms with E-state index in [0.717, 1.165) is 22.8 Å². The lowest BCUT2D eigenvalue weighted by Gasteiger charge is -2.26. The Kier molecular flexibility index (Phi) is 5.32. The Hall–Kier alpha value is -2.74. The van der Waals surface area contributed by atoms with Crippen LogP contribution in [0.3, 0.4) is 0 Å². The van der Waals surface area contributed by atoms with Gasteiger partial charge in [-0.15, -0.1) is 0 Å². The molecule has 0 atom stereocenters. The van der Waals surface area contributed by atoms with Gasteiger partial charge in [0.1, 0.15) is 5.75 Å². The number of anilines is 3. The highest BCUT2D eigenvalue weighted by Gasteiger charge is 2.13. The van der Waals surface area contributed by atoms with E-state index in [1.165, 1.54) is 5.56 Å². The molecule has 0 N–H and O–H groups in total. The summed E-state index contributed by atoms with van der Waals surface area (Å²) in [5.41, 5.74) is 4.80. The van der Waals surface area contributed by atoms with E-state index in [-0.39, 0.29) is 5.41 Å². The van der Waals surface area contributed by atoms with E-state index in [9.17, 15) is 0 Å². The molecular weight excluding hydrogens is 318 g/mol. The molecule has 3 aromatic rings. The van der Waals surface area contributed by atoms with E-state index in [1.54, 1.807) is 0 Å². The molecule has 0 fully saturated rings. The third-order valence-electron chi connectivity index (χ3n) is 4.07. The second-order valence-electron chi connectivity index (χ2n) is 7.85. The molecule has 0 spiro atoms.